The summed E-state index contributed by atoms with van der Waals surface area (Å²) >= 11 is 4.98. The maximum Gasteiger partial charge on any atom is 0.421 e. The van der Waals surface area contributed by atoms with E-state index in [9.17, 15) is 26.3 Å². The minimum atomic E-state index is -5.15. The third-order valence-electron chi connectivity index (χ3n) is 1.71. The number of hydrogen-bond donors (Lipinski definition) is 1. The van der Waals surface area contributed by atoms with E-state index in [2.05, 4.69) is 0 Å². The van der Waals surface area contributed by atoms with Crippen molar-refractivity contribution in [1.82, 2.24) is 0 Å². The van der Waals surface area contributed by atoms with Gasteiger partial charge in [-0.05, 0) is 12.1 Å². The molecular weight excluding hydrogens is 262 g/mol. The fraction of sp³-hybridized carbons (Fsp3) is 0.250. The van der Waals surface area contributed by atoms with Gasteiger partial charge in [0.1, 0.15) is 11.3 Å². The summed E-state index contributed by atoms with van der Waals surface area (Å²) in [6, 6.07) is 0.588. The topological polar surface area (TPSA) is 20.2 Å². The molecule has 0 amide bonds. The van der Waals surface area contributed by atoms with E-state index < -0.39 is 34.3 Å². The number of aromatic hydroxyl groups is 1. The Bertz CT molecular complexity index is 408. The number of alkyl halides is 6. The summed E-state index contributed by atoms with van der Waals surface area (Å²) in [6.45, 7) is 0. The van der Waals surface area contributed by atoms with Crippen molar-refractivity contribution >= 4 is 11.6 Å². The monoisotopic (exact) mass is 264 g/mol. The van der Waals surface area contributed by atoms with Crippen LogP contribution in [0, 0.1) is 0 Å². The van der Waals surface area contributed by atoms with Crippen molar-refractivity contribution in [3.05, 3.63) is 28.3 Å². The van der Waals surface area contributed by atoms with Crippen molar-refractivity contribution < 1.29 is 31.4 Å². The van der Waals surface area contributed by atoms with E-state index in [1.165, 1.54) is 0 Å². The molecule has 1 aromatic rings. The van der Waals surface area contributed by atoms with Gasteiger partial charge in [0.2, 0.25) is 0 Å². The Morgan fingerprint density at radius 1 is 0.938 bits per heavy atom. The summed E-state index contributed by atoms with van der Waals surface area (Å²) in [5.41, 5.74) is -3.52. The van der Waals surface area contributed by atoms with Crippen LogP contribution in [0.25, 0.3) is 0 Å². The van der Waals surface area contributed by atoms with Crippen molar-refractivity contribution in [2.75, 3.05) is 0 Å². The summed E-state index contributed by atoms with van der Waals surface area (Å²) in [5.74, 6) is -1.34. The van der Waals surface area contributed by atoms with Crippen molar-refractivity contribution in [2.45, 2.75) is 12.4 Å². The van der Waals surface area contributed by atoms with E-state index in [1.54, 1.807) is 0 Å². The lowest BCUT2D eigenvalue weighted by Crippen LogP contribution is -2.12. The maximum atomic E-state index is 12.3. The molecule has 0 radical (unpaired) electrons. The van der Waals surface area contributed by atoms with Gasteiger partial charge in [0.25, 0.3) is 0 Å². The fourth-order valence-electron chi connectivity index (χ4n) is 1.05. The molecule has 1 aromatic carbocycles. The first-order valence-electron chi connectivity index (χ1n) is 3.71. The summed E-state index contributed by atoms with van der Waals surface area (Å²) < 4.78 is 73.4. The average molecular weight is 265 g/mol. The van der Waals surface area contributed by atoms with Crippen LogP contribution in [0.15, 0.2) is 12.1 Å². The molecule has 16 heavy (non-hydrogen) atoms. The molecule has 1 rings (SSSR count). The van der Waals surface area contributed by atoms with Crippen LogP contribution in [-0.4, -0.2) is 5.11 Å². The normalized spacial score (nSPS) is 12.9. The van der Waals surface area contributed by atoms with Crippen LogP contribution >= 0.6 is 11.6 Å². The SMILES string of the molecule is Oc1ccc(C(F)(F)F)c(Cl)c1C(F)(F)F. The first-order chi connectivity index (χ1) is 7.05. The van der Waals surface area contributed by atoms with Gasteiger partial charge in [-0.15, -0.1) is 0 Å². The Balaban J connectivity index is 3.52. The molecule has 0 saturated heterocycles. The Labute approximate surface area is 90.3 Å². The summed E-state index contributed by atoms with van der Waals surface area (Å²) in [6.07, 6.45) is -10.2. The zero-order chi connectivity index (χ0) is 12.7. The molecule has 1 nitrogen and oxygen atoms in total. The first kappa shape index (κ1) is 13.0. The Morgan fingerprint density at radius 2 is 1.44 bits per heavy atom. The highest BCUT2D eigenvalue weighted by Gasteiger charge is 2.42. The van der Waals surface area contributed by atoms with Crippen LogP contribution in [-0.2, 0) is 12.4 Å². The third kappa shape index (κ3) is 2.34. The number of halogens is 7. The molecule has 0 unspecified atom stereocenters. The molecular formula is C8H3ClF6O. The number of benzene rings is 1. The van der Waals surface area contributed by atoms with Crippen molar-refractivity contribution in [3.8, 4) is 5.75 Å². The number of phenols is 1. The van der Waals surface area contributed by atoms with Gasteiger partial charge in [-0.3, -0.25) is 0 Å². The van der Waals surface area contributed by atoms with Crippen molar-refractivity contribution in [3.63, 3.8) is 0 Å². The summed E-state index contributed by atoms with van der Waals surface area (Å²) in [5, 5.41) is 7.29. The van der Waals surface area contributed by atoms with Crippen LogP contribution in [0.4, 0.5) is 26.3 Å². The average Bonchev–Trinajstić information content (AvgIpc) is 1.97. The van der Waals surface area contributed by atoms with E-state index in [0.717, 1.165) is 0 Å². The molecule has 0 aromatic heterocycles. The fourth-order valence-corrected chi connectivity index (χ4v) is 1.43. The Morgan fingerprint density at radius 3 is 1.81 bits per heavy atom. The minimum absolute atomic E-state index is 0.285. The largest absolute Gasteiger partial charge is 0.507 e. The van der Waals surface area contributed by atoms with Crippen LogP contribution in [0.3, 0.4) is 0 Å². The lowest BCUT2D eigenvalue weighted by molar-refractivity contribution is -0.143. The molecule has 0 aliphatic heterocycles. The van der Waals surface area contributed by atoms with Gasteiger partial charge in [0.15, 0.2) is 0 Å². The second-order valence-electron chi connectivity index (χ2n) is 2.82. The molecule has 0 spiro atoms. The predicted molar refractivity (Wildman–Crippen MR) is 43.1 cm³/mol. The molecule has 0 aliphatic rings. The zero-order valence-corrected chi connectivity index (χ0v) is 8.00. The van der Waals surface area contributed by atoms with E-state index in [0.29, 0.717) is 6.07 Å². The van der Waals surface area contributed by atoms with Crippen LogP contribution in [0.2, 0.25) is 5.02 Å². The van der Waals surface area contributed by atoms with Crippen LogP contribution in [0.1, 0.15) is 11.1 Å². The molecule has 0 atom stereocenters. The molecule has 1 N–H and O–H groups in total. The van der Waals surface area contributed by atoms with Gasteiger partial charge >= 0.3 is 12.4 Å². The van der Waals surface area contributed by atoms with Gasteiger partial charge in [-0.1, -0.05) is 11.6 Å². The zero-order valence-electron chi connectivity index (χ0n) is 7.25. The smallest absolute Gasteiger partial charge is 0.421 e. The lowest BCUT2D eigenvalue weighted by atomic mass is 10.1. The Kier molecular flexibility index (Phi) is 3.02. The van der Waals surface area contributed by atoms with E-state index in [-0.39, 0.29) is 6.07 Å². The molecule has 0 aliphatic carbocycles. The number of hydrogen-bond acceptors (Lipinski definition) is 1. The molecule has 0 heterocycles. The Hall–Kier alpha value is -1.11. The maximum absolute atomic E-state index is 12.3. The van der Waals surface area contributed by atoms with Crippen molar-refractivity contribution in [2.24, 2.45) is 0 Å². The minimum Gasteiger partial charge on any atom is -0.507 e. The van der Waals surface area contributed by atoms with Gasteiger partial charge in [0, 0.05) is 0 Å². The van der Waals surface area contributed by atoms with E-state index >= 15 is 0 Å². The second kappa shape index (κ2) is 3.73. The summed E-state index contributed by atoms with van der Waals surface area (Å²) in [7, 11) is 0. The van der Waals surface area contributed by atoms with Crippen LogP contribution in [0.5, 0.6) is 5.75 Å². The van der Waals surface area contributed by atoms with Crippen LogP contribution < -0.4 is 0 Å². The van der Waals surface area contributed by atoms with Crippen molar-refractivity contribution in [1.29, 1.82) is 0 Å². The molecule has 90 valence electrons. The van der Waals surface area contributed by atoms with Gasteiger partial charge in [-0.2, -0.15) is 26.3 Å². The highest BCUT2D eigenvalue weighted by molar-refractivity contribution is 6.32. The lowest BCUT2D eigenvalue weighted by Gasteiger charge is -2.15. The first-order valence-corrected chi connectivity index (χ1v) is 4.09. The summed E-state index contributed by atoms with van der Waals surface area (Å²) in [4.78, 5) is 0. The van der Waals surface area contributed by atoms with E-state index in [4.69, 9.17) is 16.7 Å². The van der Waals surface area contributed by atoms with Gasteiger partial charge in [0.05, 0.1) is 10.6 Å². The molecule has 0 saturated carbocycles. The van der Waals surface area contributed by atoms with Gasteiger partial charge < -0.3 is 5.11 Å². The standard InChI is InChI=1S/C8H3ClF6O/c9-6-3(7(10,11)12)1-2-4(16)5(6)8(13,14)15/h1-2,16H. The molecule has 0 fully saturated rings. The quantitative estimate of drug-likeness (QED) is 0.700. The highest BCUT2D eigenvalue weighted by Crippen LogP contribution is 2.45. The van der Waals surface area contributed by atoms with Gasteiger partial charge in [-0.25, -0.2) is 0 Å². The second-order valence-corrected chi connectivity index (χ2v) is 3.19. The number of phenolic OH excluding ortho intramolecular Hbond substituents is 1. The van der Waals surface area contributed by atoms with E-state index in [1.807, 2.05) is 0 Å². The number of rotatable bonds is 0. The highest BCUT2D eigenvalue weighted by atomic mass is 35.5. The third-order valence-corrected chi connectivity index (χ3v) is 2.10. The predicted octanol–water partition coefficient (Wildman–Crippen LogP) is 4.08. The molecule has 0 bridgehead atoms. The molecule has 8 heteroatoms.